The van der Waals surface area contributed by atoms with Gasteiger partial charge in [-0.05, 0) is 39.8 Å². The molecule has 0 saturated carbocycles. The first-order valence-electron chi connectivity index (χ1n) is 6.13. The second-order valence-corrected chi connectivity index (χ2v) is 5.70. The van der Waals surface area contributed by atoms with Crippen LogP contribution in [0.4, 0.5) is 8.78 Å². The van der Waals surface area contributed by atoms with Gasteiger partial charge in [0.25, 0.3) is 0 Å². The predicted molar refractivity (Wildman–Crippen MR) is 67.4 cm³/mol. The van der Waals surface area contributed by atoms with Crippen LogP contribution in [0.25, 0.3) is 0 Å². The number of hydrogen-bond donors (Lipinski definition) is 1. The molecule has 0 bridgehead atoms. The third-order valence-electron chi connectivity index (χ3n) is 3.73. The summed E-state index contributed by atoms with van der Waals surface area (Å²) < 4.78 is 43.3. The molecule has 0 aliphatic carbocycles. The summed E-state index contributed by atoms with van der Waals surface area (Å²) in [5, 5.41) is 0. The molecule has 1 saturated heterocycles. The lowest BCUT2D eigenvalue weighted by molar-refractivity contribution is -0.0151. The van der Waals surface area contributed by atoms with Gasteiger partial charge in [0, 0.05) is 0 Å². The van der Waals surface area contributed by atoms with Crippen LogP contribution in [0.3, 0.4) is 0 Å². The van der Waals surface area contributed by atoms with Gasteiger partial charge < -0.3 is 19.5 Å². The van der Waals surface area contributed by atoms with Crippen molar-refractivity contribution in [2.75, 3.05) is 6.54 Å². The van der Waals surface area contributed by atoms with Crippen LogP contribution in [0.5, 0.6) is 0 Å². The van der Waals surface area contributed by atoms with Gasteiger partial charge in [-0.1, -0.05) is 0 Å². The Morgan fingerprint density at radius 3 is 2.16 bits per heavy atom. The van der Waals surface area contributed by atoms with E-state index < -0.39 is 36.5 Å². The first-order valence-corrected chi connectivity index (χ1v) is 6.13. The lowest BCUT2D eigenvalue weighted by atomic mass is 9.86. The molecule has 4 nitrogen and oxygen atoms in total. The maximum Gasteiger partial charge on any atom is 0.532 e. The van der Waals surface area contributed by atoms with E-state index in [-0.39, 0.29) is 5.66 Å². The van der Waals surface area contributed by atoms with Crippen molar-refractivity contribution in [1.82, 2.24) is 0 Å². The lowest BCUT2D eigenvalue weighted by Gasteiger charge is -2.32. The second-order valence-electron chi connectivity index (χ2n) is 5.70. The highest BCUT2D eigenvalue weighted by atomic mass is 19.3. The normalized spacial score (nSPS) is 21.9. The number of rotatable bonds is 3. The molecule has 0 aromatic carbocycles. The summed E-state index contributed by atoms with van der Waals surface area (Å²) in [6.07, 6.45) is 0. The minimum Gasteiger partial charge on any atom is -0.463 e. The van der Waals surface area contributed by atoms with Gasteiger partial charge in [0.05, 0.1) is 17.7 Å². The number of furan rings is 1. The SMILES string of the molecule is CC1(C)OB(c2ccc(C(F)(F)CN)o2)OC1(C)C. The number of nitrogens with two attached hydrogens (primary N) is 1. The summed E-state index contributed by atoms with van der Waals surface area (Å²) in [6, 6.07) is 2.63. The average Bonchev–Trinajstić information content (AvgIpc) is 2.83. The van der Waals surface area contributed by atoms with Crippen LogP contribution in [0, 0.1) is 0 Å². The molecule has 0 atom stereocenters. The summed E-state index contributed by atoms with van der Waals surface area (Å²) in [7, 11) is -0.785. The summed E-state index contributed by atoms with van der Waals surface area (Å²) >= 11 is 0. The summed E-state index contributed by atoms with van der Waals surface area (Å²) in [5.41, 5.74) is 4.16. The van der Waals surface area contributed by atoms with E-state index in [0.29, 0.717) is 0 Å². The topological polar surface area (TPSA) is 57.6 Å². The van der Waals surface area contributed by atoms with Crippen LogP contribution in [-0.4, -0.2) is 24.9 Å². The second kappa shape index (κ2) is 4.29. The van der Waals surface area contributed by atoms with E-state index in [9.17, 15) is 8.78 Å². The number of alkyl halides is 2. The molecular formula is C12H18BF2NO3. The molecule has 7 heteroatoms. The van der Waals surface area contributed by atoms with E-state index in [1.54, 1.807) is 0 Å². The zero-order valence-electron chi connectivity index (χ0n) is 11.5. The summed E-state index contributed by atoms with van der Waals surface area (Å²) in [4.78, 5) is 0. The van der Waals surface area contributed by atoms with Crippen LogP contribution in [0.2, 0.25) is 0 Å². The Balaban J connectivity index is 2.22. The van der Waals surface area contributed by atoms with E-state index in [0.717, 1.165) is 0 Å². The van der Waals surface area contributed by atoms with Gasteiger partial charge in [0.1, 0.15) is 5.66 Å². The largest absolute Gasteiger partial charge is 0.532 e. The Bertz CT molecular complexity index is 457. The first-order chi connectivity index (χ1) is 8.59. The molecule has 0 amide bonds. The fraction of sp³-hybridized carbons (Fsp3) is 0.667. The maximum absolute atomic E-state index is 13.4. The summed E-state index contributed by atoms with van der Waals surface area (Å²) in [5.74, 6) is -3.65. The molecule has 106 valence electrons. The van der Waals surface area contributed by atoms with Gasteiger partial charge in [-0.2, -0.15) is 8.78 Å². The van der Waals surface area contributed by atoms with Gasteiger partial charge in [-0.3, -0.25) is 0 Å². The molecule has 2 rings (SSSR count). The van der Waals surface area contributed by atoms with Crippen molar-refractivity contribution in [3.05, 3.63) is 17.9 Å². The maximum atomic E-state index is 13.4. The molecule has 1 aromatic heterocycles. The van der Waals surface area contributed by atoms with E-state index in [1.165, 1.54) is 12.1 Å². The monoisotopic (exact) mass is 273 g/mol. The molecule has 0 radical (unpaired) electrons. The van der Waals surface area contributed by atoms with Crippen LogP contribution >= 0.6 is 0 Å². The van der Waals surface area contributed by atoms with Crippen molar-refractivity contribution < 1.29 is 22.5 Å². The Hall–Kier alpha value is -0.915. The Labute approximate surface area is 111 Å². The zero-order valence-corrected chi connectivity index (χ0v) is 11.5. The van der Waals surface area contributed by atoms with Gasteiger partial charge in [-0.15, -0.1) is 0 Å². The molecule has 1 aromatic rings. The molecular weight excluding hydrogens is 255 g/mol. The van der Waals surface area contributed by atoms with E-state index in [1.807, 2.05) is 27.7 Å². The van der Waals surface area contributed by atoms with E-state index in [4.69, 9.17) is 19.5 Å². The standard InChI is InChI=1S/C12H18BF2NO3/c1-10(2)11(3,4)19-13(18-10)9-6-5-8(17-9)12(14,15)7-16/h5-6H,7,16H2,1-4H3. The number of halogens is 2. The molecule has 0 spiro atoms. The quantitative estimate of drug-likeness (QED) is 0.850. The smallest absolute Gasteiger partial charge is 0.463 e. The van der Waals surface area contributed by atoms with Gasteiger partial charge in [-0.25, -0.2) is 0 Å². The van der Waals surface area contributed by atoms with Crippen molar-refractivity contribution in [3.63, 3.8) is 0 Å². The third kappa shape index (κ3) is 2.42. The average molecular weight is 273 g/mol. The highest BCUT2D eigenvalue weighted by molar-refractivity contribution is 6.60. The summed E-state index contributed by atoms with van der Waals surface area (Å²) in [6.45, 7) is 6.72. The highest BCUT2D eigenvalue weighted by Gasteiger charge is 2.53. The van der Waals surface area contributed by atoms with E-state index >= 15 is 0 Å². The fourth-order valence-corrected chi connectivity index (χ4v) is 1.74. The van der Waals surface area contributed by atoms with Crippen LogP contribution in [-0.2, 0) is 15.2 Å². The molecule has 1 aliphatic heterocycles. The lowest BCUT2D eigenvalue weighted by Crippen LogP contribution is -2.41. The van der Waals surface area contributed by atoms with Crippen molar-refractivity contribution >= 4 is 12.8 Å². The van der Waals surface area contributed by atoms with Crippen molar-refractivity contribution in [3.8, 4) is 0 Å². The van der Waals surface area contributed by atoms with E-state index in [2.05, 4.69) is 0 Å². The molecule has 1 aliphatic rings. The fourth-order valence-electron chi connectivity index (χ4n) is 1.74. The van der Waals surface area contributed by atoms with Gasteiger partial charge >= 0.3 is 13.0 Å². The van der Waals surface area contributed by atoms with Crippen molar-refractivity contribution in [1.29, 1.82) is 0 Å². The Kier molecular flexibility index (Phi) is 3.28. The van der Waals surface area contributed by atoms with Gasteiger partial charge in [0.2, 0.25) is 0 Å². The highest BCUT2D eigenvalue weighted by Crippen LogP contribution is 2.37. The van der Waals surface area contributed by atoms with Crippen molar-refractivity contribution in [2.24, 2.45) is 5.73 Å². The van der Waals surface area contributed by atoms with Gasteiger partial charge in [0.15, 0.2) is 5.76 Å². The molecule has 2 heterocycles. The van der Waals surface area contributed by atoms with Crippen LogP contribution in [0.15, 0.2) is 16.5 Å². The zero-order chi connectivity index (χ0) is 14.5. The molecule has 19 heavy (non-hydrogen) atoms. The third-order valence-corrected chi connectivity index (χ3v) is 3.73. The minimum atomic E-state index is -3.18. The Morgan fingerprint density at radius 1 is 1.16 bits per heavy atom. The molecule has 0 unspecified atom stereocenters. The predicted octanol–water partition coefficient (Wildman–Crippen LogP) is 1.63. The van der Waals surface area contributed by atoms with Crippen LogP contribution in [0.1, 0.15) is 33.5 Å². The number of hydrogen-bond acceptors (Lipinski definition) is 4. The molecule has 2 N–H and O–H groups in total. The Morgan fingerprint density at radius 2 is 1.68 bits per heavy atom. The molecule has 1 fully saturated rings. The van der Waals surface area contributed by atoms with Crippen LogP contribution < -0.4 is 11.4 Å². The first kappa shape index (κ1) is 14.5. The minimum absolute atomic E-state index is 0.224. The van der Waals surface area contributed by atoms with Crippen molar-refractivity contribution in [2.45, 2.75) is 44.8 Å².